The Balaban J connectivity index is 1.33. The summed E-state index contributed by atoms with van der Waals surface area (Å²) < 4.78 is 47.0. The third kappa shape index (κ3) is 15.2. The summed E-state index contributed by atoms with van der Waals surface area (Å²) in [6.07, 6.45) is -1.69. The van der Waals surface area contributed by atoms with Crippen LogP contribution in [0.4, 0.5) is 0 Å². The Hall–Kier alpha value is -2.34. The molecule has 3 aliphatic rings. The van der Waals surface area contributed by atoms with Gasteiger partial charge in [-0.15, -0.1) is 0 Å². The largest absolute Gasteiger partial charge is 0.477 e. The van der Waals surface area contributed by atoms with Crippen LogP contribution in [-0.2, 0) is 51.4 Å². The van der Waals surface area contributed by atoms with E-state index in [0.717, 1.165) is 12.0 Å². The fraction of sp³-hybridized carbons (Fsp3) is 0.796. The lowest BCUT2D eigenvalue weighted by Crippen LogP contribution is -2.57. The number of pyridine rings is 1. The molecule has 4 N–H and O–H groups in total. The van der Waals surface area contributed by atoms with Crippen LogP contribution >= 0.6 is 22.6 Å². The Kier molecular flexibility index (Phi) is 22.0. The van der Waals surface area contributed by atoms with Crippen LogP contribution in [0, 0.1) is 23.7 Å². The molecule has 0 amide bonds. The summed E-state index contributed by atoms with van der Waals surface area (Å²) in [5, 5.41) is 45.6. The summed E-state index contributed by atoms with van der Waals surface area (Å²) in [5.74, 6) is -4.18. The van der Waals surface area contributed by atoms with E-state index in [1.807, 2.05) is 72.8 Å². The molecule has 1 aromatic carbocycles. The standard InChI is InChI=1S/C54H88IN3O14/c1-15-42-45(35(7)59)46(60)34(6)57(13)28-30(2)26-54(10,65)49(72-43-25-38(56(11)12)23-31(3)68-43)32(4)48(33(5)52(64)70-42)71-44-27-53(9,55)50(36(8)69-44)67-22-21-66-20-16-17-37-18-19-41-39(24-37)47(61)40(51(62)63)29-58(41)14/h18-19,24,29-36,38,42-46,48-50,59-60,65H,15-17,20-23,25-28H2,1-14H3,(H,62,63)/t30-,31-,32+,33-,34-,35?,36+,38+,42-,43+,44+,45?,46+,48+,49-,50+,53?,54-/m1/s1. The lowest BCUT2D eigenvalue weighted by molar-refractivity contribution is -0.289. The van der Waals surface area contributed by atoms with E-state index in [9.17, 15) is 34.8 Å². The number of hydrogen-bond acceptors (Lipinski definition) is 15. The van der Waals surface area contributed by atoms with Crippen LogP contribution in [0.15, 0.2) is 29.2 Å². The van der Waals surface area contributed by atoms with E-state index in [-0.39, 0.29) is 29.7 Å². The second kappa shape index (κ2) is 26.1. The van der Waals surface area contributed by atoms with Crippen molar-refractivity contribution in [2.24, 2.45) is 30.7 Å². The number of rotatable bonds is 16. The molecule has 0 bridgehead atoms. The summed E-state index contributed by atoms with van der Waals surface area (Å²) in [6, 6.07) is 5.32. The second-order valence-corrected chi connectivity index (χ2v) is 24.7. The van der Waals surface area contributed by atoms with Crippen molar-refractivity contribution in [3.05, 3.63) is 45.7 Å². The van der Waals surface area contributed by atoms with Gasteiger partial charge in [0.25, 0.3) is 0 Å². The molecule has 0 radical (unpaired) electrons. The third-order valence-electron chi connectivity index (χ3n) is 15.6. The lowest BCUT2D eigenvalue weighted by Gasteiger charge is -2.48. The van der Waals surface area contributed by atoms with Crippen LogP contribution in [0.5, 0.6) is 0 Å². The first-order valence-corrected chi connectivity index (χ1v) is 27.3. The molecule has 18 atom stereocenters. The van der Waals surface area contributed by atoms with Crippen molar-refractivity contribution in [3.63, 3.8) is 0 Å². The number of aliphatic hydroxyl groups is 3. The van der Waals surface area contributed by atoms with Crippen LogP contribution in [0.1, 0.15) is 124 Å². The highest BCUT2D eigenvalue weighted by molar-refractivity contribution is 14.1. The molecule has 3 fully saturated rings. The number of aromatic carboxylic acids is 1. The molecule has 0 aliphatic carbocycles. The summed E-state index contributed by atoms with van der Waals surface area (Å²) in [6.45, 7) is 20.7. The van der Waals surface area contributed by atoms with Gasteiger partial charge < -0.3 is 68.0 Å². The Morgan fingerprint density at radius 3 is 2.29 bits per heavy atom. The first-order chi connectivity index (χ1) is 33.7. The van der Waals surface area contributed by atoms with Crippen molar-refractivity contribution < 1.29 is 63.2 Å². The molecule has 0 spiro atoms. The molecule has 410 valence electrons. The highest BCUT2D eigenvalue weighted by Gasteiger charge is 2.51. The first-order valence-electron chi connectivity index (χ1n) is 26.2. The fourth-order valence-electron chi connectivity index (χ4n) is 11.6. The molecule has 0 saturated carbocycles. The number of aliphatic hydroxyl groups excluding tert-OH is 2. The number of carbonyl (C=O) groups excluding carboxylic acids is 1. The lowest BCUT2D eigenvalue weighted by atomic mass is 9.77. The van der Waals surface area contributed by atoms with Crippen molar-refractivity contribution >= 4 is 45.4 Å². The maximum atomic E-state index is 14.6. The zero-order valence-electron chi connectivity index (χ0n) is 45.4. The number of nitrogens with zero attached hydrogens (tertiary/aromatic N) is 3. The van der Waals surface area contributed by atoms with Crippen LogP contribution < -0.4 is 5.43 Å². The van der Waals surface area contributed by atoms with E-state index in [4.69, 9.17) is 33.2 Å². The van der Waals surface area contributed by atoms with Crippen LogP contribution in [0.2, 0.25) is 0 Å². The number of carbonyl (C=O) groups is 2. The monoisotopic (exact) mass is 1130 g/mol. The van der Waals surface area contributed by atoms with E-state index in [2.05, 4.69) is 41.3 Å². The van der Waals surface area contributed by atoms with Crippen LogP contribution in [0.25, 0.3) is 10.9 Å². The highest BCUT2D eigenvalue weighted by Crippen LogP contribution is 2.42. The van der Waals surface area contributed by atoms with Crippen molar-refractivity contribution in [1.29, 1.82) is 0 Å². The van der Waals surface area contributed by atoms with E-state index < -0.39 is 99.4 Å². The third-order valence-corrected chi connectivity index (χ3v) is 16.6. The first kappa shape index (κ1) is 60.5. The topological polar surface area (TPSA) is 208 Å². The quantitative estimate of drug-likeness (QED) is 0.0640. The van der Waals surface area contributed by atoms with Gasteiger partial charge in [-0.05, 0) is 125 Å². The predicted octanol–water partition coefficient (Wildman–Crippen LogP) is 6.19. The summed E-state index contributed by atoms with van der Waals surface area (Å²) in [7, 11) is 7.73. The molecule has 17 nitrogen and oxygen atoms in total. The molecule has 4 heterocycles. The molecule has 18 heteroatoms. The average Bonchev–Trinajstić information content (AvgIpc) is 3.29. The Morgan fingerprint density at radius 1 is 0.972 bits per heavy atom. The van der Waals surface area contributed by atoms with Gasteiger partial charge in [0.05, 0.1) is 76.4 Å². The zero-order valence-corrected chi connectivity index (χ0v) is 47.6. The van der Waals surface area contributed by atoms with Crippen molar-refractivity contribution in [3.8, 4) is 0 Å². The molecule has 3 aliphatic heterocycles. The number of benzene rings is 1. The van der Waals surface area contributed by atoms with E-state index in [0.29, 0.717) is 75.8 Å². The number of hydrogen-bond donors (Lipinski definition) is 4. The number of esters is 1. The van der Waals surface area contributed by atoms with E-state index in [1.54, 1.807) is 38.5 Å². The Bertz CT molecular complexity index is 2140. The number of carboxylic acids is 1. The number of halogens is 1. The molecular weight excluding hydrogens is 1040 g/mol. The molecular formula is C54H88IN3O14. The fourth-order valence-corrected chi connectivity index (χ4v) is 12.7. The number of carboxylic acid groups (broad SMARTS) is 1. The smallest absolute Gasteiger partial charge is 0.341 e. The summed E-state index contributed by atoms with van der Waals surface area (Å²) in [5.41, 5.74) is -0.621. The Morgan fingerprint density at radius 2 is 1.67 bits per heavy atom. The molecule has 5 rings (SSSR count). The van der Waals surface area contributed by atoms with Gasteiger partial charge in [0, 0.05) is 68.5 Å². The number of likely N-dealkylation sites (N-methyl/N-ethyl adjacent to an activating group) is 1. The number of aryl methyl sites for hydroxylation is 2. The molecule has 72 heavy (non-hydrogen) atoms. The molecule has 1 aromatic heterocycles. The summed E-state index contributed by atoms with van der Waals surface area (Å²) >= 11 is 2.40. The zero-order chi connectivity index (χ0) is 53.6. The SMILES string of the molecule is CC[C@H]1OC(=O)[C@H](C)[C@@H](O[C@H]2CC(C)(I)[C@@H](OCCOCCCc3ccc4c(c3)c(=O)c(C(=O)O)cn4C)[C@H](C)O2)[C@H](C)[C@@H](O[C@H]2C[C@@H](N(C)C)C[C@@H](C)O2)[C@](C)(O)C[C@@H](C)CN(C)[C@H](C)[C@H](O)C1C(C)O. The number of ether oxygens (including phenoxy) is 7. The minimum absolute atomic E-state index is 0.0689. The van der Waals surface area contributed by atoms with E-state index >= 15 is 0 Å². The van der Waals surface area contributed by atoms with Gasteiger partial charge in [0.2, 0.25) is 5.43 Å². The molecule has 3 saturated heterocycles. The van der Waals surface area contributed by atoms with Gasteiger partial charge in [-0.25, -0.2) is 4.79 Å². The number of fused-ring (bicyclic) bond motifs is 1. The average molecular weight is 1130 g/mol. The van der Waals surface area contributed by atoms with Crippen LogP contribution in [-0.4, -0.2) is 177 Å². The van der Waals surface area contributed by atoms with Crippen LogP contribution in [0.3, 0.4) is 0 Å². The molecule has 3 unspecified atom stereocenters. The van der Waals surface area contributed by atoms with E-state index in [1.165, 1.54) is 6.20 Å². The number of cyclic esters (lactones) is 1. The second-order valence-electron chi connectivity index (χ2n) is 22.2. The van der Waals surface area contributed by atoms with Gasteiger partial charge in [0.1, 0.15) is 11.7 Å². The van der Waals surface area contributed by atoms with Gasteiger partial charge in [-0.1, -0.05) is 49.4 Å². The van der Waals surface area contributed by atoms with Gasteiger partial charge >= 0.3 is 11.9 Å². The Labute approximate surface area is 441 Å². The van der Waals surface area contributed by atoms with Crippen molar-refractivity contribution in [1.82, 2.24) is 14.4 Å². The number of aromatic nitrogens is 1. The minimum Gasteiger partial charge on any atom is -0.477 e. The normalized spacial score (nSPS) is 37.5. The molecule has 2 aromatic rings. The summed E-state index contributed by atoms with van der Waals surface area (Å²) in [4.78, 5) is 43.3. The maximum Gasteiger partial charge on any atom is 0.341 e. The van der Waals surface area contributed by atoms with Gasteiger partial charge in [0.15, 0.2) is 12.6 Å². The highest BCUT2D eigenvalue weighted by atomic mass is 127. The van der Waals surface area contributed by atoms with Crippen molar-refractivity contribution in [2.45, 2.75) is 197 Å². The van der Waals surface area contributed by atoms with Gasteiger partial charge in [-0.3, -0.25) is 9.59 Å². The minimum atomic E-state index is -1.44. The maximum absolute atomic E-state index is 14.6. The van der Waals surface area contributed by atoms with Crippen molar-refractivity contribution in [2.75, 3.05) is 47.5 Å². The van der Waals surface area contributed by atoms with Gasteiger partial charge in [-0.2, -0.15) is 0 Å². The number of alkyl halides is 1. The predicted molar refractivity (Wildman–Crippen MR) is 283 cm³/mol.